The van der Waals surface area contributed by atoms with Crippen molar-refractivity contribution in [2.75, 3.05) is 13.1 Å². The van der Waals surface area contributed by atoms with E-state index >= 15 is 0 Å². The van der Waals surface area contributed by atoms with Gasteiger partial charge in [0.15, 0.2) is 0 Å². The van der Waals surface area contributed by atoms with Crippen molar-refractivity contribution in [2.24, 2.45) is 17.6 Å². The number of aliphatic hydroxyl groups excluding tert-OH is 1. The number of hydrogen-bond donors (Lipinski definition) is 3. The van der Waals surface area contributed by atoms with Crippen molar-refractivity contribution in [2.45, 2.75) is 50.3 Å². The average Bonchev–Trinajstić information content (AvgIpc) is 3.24. The number of nitrogens with zero attached hydrogens (tertiary/aromatic N) is 3. The number of rotatable bonds is 7. The summed E-state index contributed by atoms with van der Waals surface area (Å²) < 4.78 is 0. The first kappa shape index (κ1) is 22.8. The fraction of sp³-hybridized carbons (Fsp3) is 0.522. The molecule has 3 heterocycles. The second-order valence-electron chi connectivity index (χ2n) is 8.88. The topological polar surface area (TPSA) is 131 Å². The highest BCUT2D eigenvalue weighted by atomic mass is 32.2. The van der Waals surface area contributed by atoms with Crippen LogP contribution in [0.25, 0.3) is 0 Å². The second-order valence-corrected chi connectivity index (χ2v) is 10.2. The van der Waals surface area contributed by atoms with Crippen LogP contribution in [0.2, 0.25) is 0 Å². The van der Waals surface area contributed by atoms with E-state index in [-0.39, 0.29) is 34.9 Å². The summed E-state index contributed by atoms with van der Waals surface area (Å²) in [5, 5.41) is 29.2. The van der Waals surface area contributed by atoms with Crippen molar-refractivity contribution in [3.63, 3.8) is 0 Å². The van der Waals surface area contributed by atoms with E-state index in [1.165, 1.54) is 16.7 Å². The molecule has 0 radical (unpaired) electrons. The zero-order valence-electron chi connectivity index (χ0n) is 18.1. The van der Waals surface area contributed by atoms with Crippen LogP contribution in [0.1, 0.15) is 31.4 Å². The Morgan fingerprint density at radius 3 is 2.81 bits per heavy atom. The van der Waals surface area contributed by atoms with Crippen molar-refractivity contribution in [3.05, 3.63) is 46.0 Å². The molecule has 1 aromatic carbocycles. The van der Waals surface area contributed by atoms with Crippen LogP contribution >= 0.6 is 11.8 Å². The Morgan fingerprint density at radius 2 is 2.19 bits per heavy atom. The van der Waals surface area contributed by atoms with E-state index in [1.54, 1.807) is 13.0 Å². The molecule has 0 saturated carbocycles. The molecule has 3 aliphatic rings. The molecular formula is C23H28N4O4S. The van der Waals surface area contributed by atoms with Gasteiger partial charge in [-0.15, -0.1) is 11.8 Å². The first-order valence-electron chi connectivity index (χ1n) is 10.8. The molecular weight excluding hydrogens is 428 g/mol. The van der Waals surface area contributed by atoms with E-state index in [0.717, 1.165) is 18.5 Å². The molecule has 3 aliphatic heterocycles. The summed E-state index contributed by atoms with van der Waals surface area (Å²) in [6.45, 7) is 5.43. The summed E-state index contributed by atoms with van der Waals surface area (Å²) in [5.74, 6) is -2.10. The van der Waals surface area contributed by atoms with Crippen molar-refractivity contribution >= 4 is 23.6 Å². The van der Waals surface area contributed by atoms with E-state index in [1.807, 2.05) is 25.1 Å². The summed E-state index contributed by atoms with van der Waals surface area (Å²) in [7, 11) is 0. The third-order valence-electron chi connectivity index (χ3n) is 6.81. The number of nitrogens with two attached hydrogens (primary N) is 1. The van der Waals surface area contributed by atoms with Crippen LogP contribution in [-0.4, -0.2) is 68.4 Å². The summed E-state index contributed by atoms with van der Waals surface area (Å²) in [5.41, 5.74) is 7.77. The molecule has 8 nitrogen and oxygen atoms in total. The molecule has 1 amide bonds. The first-order chi connectivity index (χ1) is 15.3. The molecule has 170 valence electrons. The number of carbonyl (C=O) groups excluding carboxylic acids is 1. The average molecular weight is 457 g/mol. The maximum Gasteiger partial charge on any atom is 0.353 e. The number of β-lactam (4-membered cyclic amide) rings is 1. The molecule has 1 aromatic rings. The summed E-state index contributed by atoms with van der Waals surface area (Å²) in [6, 6.07) is 9.55. The highest BCUT2D eigenvalue weighted by Gasteiger charge is 2.60. The van der Waals surface area contributed by atoms with Crippen LogP contribution in [0.5, 0.6) is 0 Å². The van der Waals surface area contributed by atoms with Gasteiger partial charge in [-0.25, -0.2) is 4.79 Å². The number of aliphatic carboxylic acids is 1. The van der Waals surface area contributed by atoms with Crippen molar-refractivity contribution in [3.8, 4) is 6.07 Å². The smallest absolute Gasteiger partial charge is 0.353 e. The highest BCUT2D eigenvalue weighted by molar-refractivity contribution is 8.03. The lowest BCUT2D eigenvalue weighted by Crippen LogP contribution is -2.63. The number of carboxylic acids is 1. The van der Waals surface area contributed by atoms with Gasteiger partial charge in [-0.1, -0.05) is 19.1 Å². The molecule has 2 fully saturated rings. The highest BCUT2D eigenvalue weighted by Crippen LogP contribution is 2.52. The fourth-order valence-electron chi connectivity index (χ4n) is 5.29. The Kier molecular flexibility index (Phi) is 6.32. The predicted octanol–water partition coefficient (Wildman–Crippen LogP) is 1.35. The molecule has 4 N–H and O–H groups in total. The fourth-order valence-corrected chi connectivity index (χ4v) is 6.89. The first-order valence-corrected chi connectivity index (χ1v) is 11.7. The van der Waals surface area contributed by atoms with Gasteiger partial charge in [0, 0.05) is 41.7 Å². The van der Waals surface area contributed by atoms with E-state index < -0.39 is 18.0 Å². The maximum absolute atomic E-state index is 12.5. The lowest BCUT2D eigenvalue weighted by molar-refractivity contribution is -0.163. The van der Waals surface area contributed by atoms with Gasteiger partial charge in [0.25, 0.3) is 0 Å². The number of carboxylic acid groups (broad SMARTS) is 1. The lowest BCUT2D eigenvalue weighted by Gasteiger charge is -2.46. The van der Waals surface area contributed by atoms with Gasteiger partial charge in [-0.3, -0.25) is 9.69 Å². The zero-order valence-corrected chi connectivity index (χ0v) is 19.0. The third-order valence-corrected chi connectivity index (χ3v) is 8.30. The molecule has 32 heavy (non-hydrogen) atoms. The molecule has 6 atom stereocenters. The van der Waals surface area contributed by atoms with Gasteiger partial charge < -0.3 is 20.8 Å². The predicted molar refractivity (Wildman–Crippen MR) is 120 cm³/mol. The number of benzene rings is 1. The molecule has 0 aromatic heterocycles. The summed E-state index contributed by atoms with van der Waals surface area (Å²) in [4.78, 5) is 29.0. The minimum Gasteiger partial charge on any atom is -0.477 e. The van der Waals surface area contributed by atoms with E-state index in [4.69, 9.17) is 11.0 Å². The molecule has 0 aliphatic carbocycles. The molecule has 6 unspecified atom stereocenters. The third kappa shape index (κ3) is 3.82. The van der Waals surface area contributed by atoms with Crippen LogP contribution in [0.3, 0.4) is 0 Å². The molecule has 0 bridgehead atoms. The van der Waals surface area contributed by atoms with E-state index in [2.05, 4.69) is 11.0 Å². The molecule has 0 spiro atoms. The van der Waals surface area contributed by atoms with Crippen LogP contribution in [0, 0.1) is 23.2 Å². The van der Waals surface area contributed by atoms with Crippen LogP contribution in [-0.2, 0) is 16.1 Å². The standard InChI is InChI=1S/C23H28N4O4S/c1-12-19-18(13(2)28)22(29)27(19)20(23(30)31)21(12)32-17-7-16(9-25)26(11-17)10-15-5-3-4-14(6-15)8-24/h3-6,12-13,16-19,28H,7,9-11,25H2,1-2H3,(H,30,31). The second kappa shape index (κ2) is 8.87. The van der Waals surface area contributed by atoms with Gasteiger partial charge in [0.1, 0.15) is 5.70 Å². The Morgan fingerprint density at radius 1 is 1.44 bits per heavy atom. The Balaban J connectivity index is 1.52. The molecule has 9 heteroatoms. The van der Waals surface area contributed by atoms with Gasteiger partial charge in [0.2, 0.25) is 5.91 Å². The van der Waals surface area contributed by atoms with Crippen LogP contribution < -0.4 is 5.73 Å². The largest absolute Gasteiger partial charge is 0.477 e. The number of hydrogen-bond acceptors (Lipinski definition) is 7. The van der Waals surface area contributed by atoms with Crippen molar-refractivity contribution in [1.82, 2.24) is 9.80 Å². The quantitative estimate of drug-likeness (QED) is 0.524. The van der Waals surface area contributed by atoms with Gasteiger partial charge in [-0.2, -0.15) is 5.26 Å². The monoisotopic (exact) mass is 456 g/mol. The normalized spacial score (nSPS) is 30.8. The Labute approximate surface area is 191 Å². The Bertz CT molecular complexity index is 1000. The minimum atomic E-state index is -1.10. The number of likely N-dealkylation sites (tertiary alicyclic amines) is 1. The van der Waals surface area contributed by atoms with Crippen LogP contribution in [0.15, 0.2) is 34.9 Å². The zero-order chi connectivity index (χ0) is 23.2. The number of carbonyl (C=O) groups is 2. The number of thioether (sulfide) groups is 1. The number of amides is 1. The molecule has 4 rings (SSSR count). The van der Waals surface area contributed by atoms with E-state index in [0.29, 0.717) is 23.6 Å². The SMILES string of the molecule is CC(O)C1C(=O)N2C(C(=O)O)=C(SC3CC(CN)N(Cc4cccc(C#N)c4)C3)C(C)C12. The van der Waals surface area contributed by atoms with Gasteiger partial charge >= 0.3 is 5.97 Å². The maximum atomic E-state index is 12.5. The number of aliphatic hydroxyl groups is 1. The van der Waals surface area contributed by atoms with Crippen molar-refractivity contribution in [1.29, 1.82) is 5.26 Å². The van der Waals surface area contributed by atoms with E-state index in [9.17, 15) is 19.8 Å². The summed E-state index contributed by atoms with van der Waals surface area (Å²) in [6.07, 6.45) is 0.0130. The van der Waals surface area contributed by atoms with Gasteiger partial charge in [-0.05, 0) is 31.0 Å². The Hall–Kier alpha value is -2.38. The lowest BCUT2D eigenvalue weighted by atomic mass is 9.79. The van der Waals surface area contributed by atoms with Crippen LogP contribution in [0.4, 0.5) is 0 Å². The number of nitriles is 1. The minimum absolute atomic E-state index is 0.0684. The van der Waals surface area contributed by atoms with Crippen molar-refractivity contribution < 1.29 is 19.8 Å². The molecule has 2 saturated heterocycles. The number of fused-ring (bicyclic) bond motifs is 1. The van der Waals surface area contributed by atoms with Gasteiger partial charge in [0.05, 0.1) is 29.7 Å². The summed E-state index contributed by atoms with van der Waals surface area (Å²) >= 11 is 1.54.